The van der Waals surface area contributed by atoms with Crippen molar-refractivity contribution in [2.45, 2.75) is 64.6 Å². The molecular formula is C44H53N9S6. The number of thiophene rings is 3. The molecule has 3 heterocycles. The van der Waals surface area contributed by atoms with Crippen molar-refractivity contribution in [3.8, 4) is 0 Å². The minimum Gasteiger partial charge on any atom is -0.383 e. The number of rotatable bonds is 16. The number of fused-ring (bicyclic) bond motifs is 1. The molecule has 0 aliphatic heterocycles. The summed E-state index contributed by atoms with van der Waals surface area (Å²) in [6, 6.07) is 31.3. The monoisotopic (exact) mass is 899 g/mol. The van der Waals surface area contributed by atoms with Crippen LogP contribution in [0.15, 0.2) is 104 Å². The Morgan fingerprint density at radius 2 is 1.08 bits per heavy atom. The maximum atomic E-state index is 7.55. The average molecular weight is 900 g/mol. The van der Waals surface area contributed by atoms with Crippen molar-refractivity contribution >= 4 is 115 Å². The maximum absolute atomic E-state index is 7.55. The predicted molar refractivity (Wildman–Crippen MR) is 265 cm³/mol. The summed E-state index contributed by atoms with van der Waals surface area (Å²) in [4.78, 5) is 2.44. The second-order valence-corrected chi connectivity index (χ2v) is 19.9. The number of hydrogen-bond donors (Lipinski definition) is 9. The van der Waals surface area contributed by atoms with Crippen LogP contribution in [0.1, 0.15) is 63.1 Å². The first-order valence-corrected chi connectivity index (χ1v) is 25.2. The number of anilines is 5. The summed E-state index contributed by atoms with van der Waals surface area (Å²) in [5, 5.41) is 32.8. The van der Waals surface area contributed by atoms with Crippen molar-refractivity contribution in [3.05, 3.63) is 128 Å². The number of thioether (sulfide) groups is 3. The molecule has 9 nitrogen and oxygen atoms in total. The van der Waals surface area contributed by atoms with Crippen LogP contribution in [0.25, 0.3) is 0 Å². The standard InChI is InChI=1S/C16H21N3S2.C15H17N3S2.C13H15N3S2/c1-3-4-5-11-6-8-12(9-7-11)19-13-10-14(15(17)18)21-16(13)20-2;1-19-15-12(8-13(20-15)14(16)17)18-11-6-5-9-3-2-4-10(9)7-11;1-17-13-10(7-11(18-13)12(14)15)16-8-9-5-3-2-4-6-9/h6-10,19H,3-5H2,1-2H3,(H3,17,18);5-8,18H,2-4H2,1H3,(H3,16,17);2-7,16H,8H2,1H3,(H3,14,15). The van der Waals surface area contributed by atoms with Crippen molar-refractivity contribution in [1.29, 1.82) is 16.2 Å². The Bertz CT molecular complexity index is 2310. The van der Waals surface area contributed by atoms with E-state index in [2.05, 4.69) is 77.5 Å². The first-order chi connectivity index (χ1) is 28.5. The summed E-state index contributed by atoms with van der Waals surface area (Å²) in [7, 11) is 0. The quantitative estimate of drug-likeness (QED) is 0.0259. The van der Waals surface area contributed by atoms with E-state index in [1.54, 1.807) is 69.3 Å². The van der Waals surface area contributed by atoms with Gasteiger partial charge in [0.05, 0.1) is 44.3 Å². The van der Waals surface area contributed by atoms with E-state index in [1.807, 2.05) is 55.2 Å². The highest BCUT2D eigenvalue weighted by Gasteiger charge is 2.15. The molecule has 1 aliphatic carbocycles. The zero-order chi connectivity index (χ0) is 42.3. The van der Waals surface area contributed by atoms with Crippen molar-refractivity contribution in [1.82, 2.24) is 0 Å². The van der Waals surface area contributed by atoms with E-state index in [9.17, 15) is 0 Å². The van der Waals surface area contributed by atoms with Crippen LogP contribution in [0.5, 0.6) is 0 Å². The highest BCUT2D eigenvalue weighted by molar-refractivity contribution is 8.01. The first kappa shape index (κ1) is 45.7. The molecule has 0 radical (unpaired) electrons. The molecule has 0 saturated heterocycles. The number of hydrogen-bond acceptors (Lipinski definition) is 12. The minimum absolute atomic E-state index is 0.123. The third kappa shape index (κ3) is 13.3. The molecule has 1 aliphatic rings. The molecule has 0 fully saturated rings. The van der Waals surface area contributed by atoms with Gasteiger partial charge in [-0.15, -0.1) is 69.3 Å². The van der Waals surface area contributed by atoms with Crippen LogP contribution in [0.2, 0.25) is 0 Å². The van der Waals surface area contributed by atoms with Crippen LogP contribution < -0.4 is 33.2 Å². The fourth-order valence-corrected chi connectivity index (χ4v) is 11.1. The van der Waals surface area contributed by atoms with E-state index in [0.717, 1.165) is 68.7 Å². The van der Waals surface area contributed by atoms with E-state index >= 15 is 0 Å². The Balaban J connectivity index is 0.000000169. The van der Waals surface area contributed by atoms with Crippen molar-refractivity contribution in [2.75, 3.05) is 34.7 Å². The molecule has 15 heteroatoms. The molecule has 3 aromatic heterocycles. The van der Waals surface area contributed by atoms with Gasteiger partial charge >= 0.3 is 0 Å². The van der Waals surface area contributed by atoms with Crippen molar-refractivity contribution in [3.63, 3.8) is 0 Å². The fraction of sp³-hybridized carbons (Fsp3) is 0.250. The number of amidine groups is 3. The second kappa shape index (κ2) is 22.8. The molecule has 6 aromatic rings. The normalized spacial score (nSPS) is 11.4. The van der Waals surface area contributed by atoms with Gasteiger partial charge < -0.3 is 33.2 Å². The molecule has 0 unspecified atom stereocenters. The molecule has 7 rings (SSSR count). The number of aryl methyl sites for hydroxylation is 3. The lowest BCUT2D eigenvalue weighted by molar-refractivity contribution is 0.795. The highest BCUT2D eigenvalue weighted by Crippen LogP contribution is 2.38. The zero-order valence-corrected chi connectivity index (χ0v) is 38.7. The number of nitrogens with two attached hydrogens (primary N) is 3. The van der Waals surface area contributed by atoms with Gasteiger partial charge in [-0.05, 0) is 116 Å². The first-order valence-electron chi connectivity index (χ1n) is 19.1. The van der Waals surface area contributed by atoms with Gasteiger partial charge in [0.15, 0.2) is 0 Å². The Morgan fingerprint density at radius 3 is 1.61 bits per heavy atom. The fourth-order valence-electron chi connectivity index (χ4n) is 6.16. The molecule has 3 aromatic carbocycles. The molecule has 12 N–H and O–H groups in total. The van der Waals surface area contributed by atoms with Gasteiger partial charge in [-0.1, -0.05) is 61.9 Å². The summed E-state index contributed by atoms with van der Waals surface area (Å²) < 4.78 is 3.47. The summed E-state index contributed by atoms with van der Waals surface area (Å²) in [6.45, 7) is 2.99. The highest BCUT2D eigenvalue weighted by atomic mass is 32.2. The minimum atomic E-state index is 0.123. The van der Waals surface area contributed by atoms with Crippen LogP contribution in [-0.4, -0.2) is 36.3 Å². The van der Waals surface area contributed by atoms with Crippen LogP contribution >= 0.6 is 69.3 Å². The zero-order valence-electron chi connectivity index (χ0n) is 33.8. The smallest absolute Gasteiger partial charge is 0.133 e. The number of unbranched alkanes of at least 4 members (excludes halogenated alkanes) is 1. The van der Waals surface area contributed by atoms with E-state index in [1.165, 1.54) is 54.4 Å². The molecule has 0 atom stereocenters. The van der Waals surface area contributed by atoms with E-state index < -0.39 is 0 Å². The Labute approximate surface area is 373 Å². The van der Waals surface area contributed by atoms with Gasteiger partial charge in [0.25, 0.3) is 0 Å². The SMILES string of the molecule is CCCCc1ccc(Nc2cc(C(=N)N)sc2SC)cc1.CSc1sc(C(=N)N)cc1NCc1ccccc1.CSc1sc(C(=N)N)cc1Nc1ccc2c(c1)CCC2. The third-order valence-electron chi connectivity index (χ3n) is 9.20. The third-order valence-corrected chi connectivity index (χ3v) is 16.1. The van der Waals surface area contributed by atoms with Crippen LogP contribution in [0, 0.1) is 16.2 Å². The molecule has 310 valence electrons. The molecule has 0 saturated carbocycles. The Kier molecular flexibility index (Phi) is 17.7. The van der Waals surface area contributed by atoms with Gasteiger partial charge in [0.1, 0.15) is 17.5 Å². The lowest BCUT2D eigenvalue weighted by atomic mass is 10.1. The molecule has 0 bridgehead atoms. The lowest BCUT2D eigenvalue weighted by Crippen LogP contribution is -2.08. The van der Waals surface area contributed by atoms with Crippen LogP contribution in [0.3, 0.4) is 0 Å². The molecule has 0 spiro atoms. The predicted octanol–water partition coefficient (Wildman–Crippen LogP) is 12.2. The summed E-state index contributed by atoms with van der Waals surface area (Å²) in [5.41, 5.74) is 27.5. The van der Waals surface area contributed by atoms with Crippen LogP contribution in [-0.2, 0) is 25.8 Å². The molecular weight excluding hydrogens is 847 g/mol. The number of nitrogen functional groups attached to an aromatic ring is 3. The van der Waals surface area contributed by atoms with Gasteiger partial charge in [0, 0.05) is 17.9 Å². The largest absolute Gasteiger partial charge is 0.383 e. The number of nitrogens with one attached hydrogen (secondary N) is 6. The van der Waals surface area contributed by atoms with Gasteiger partial charge in [-0.25, -0.2) is 0 Å². The van der Waals surface area contributed by atoms with E-state index in [-0.39, 0.29) is 17.5 Å². The topological polar surface area (TPSA) is 186 Å². The van der Waals surface area contributed by atoms with Gasteiger partial charge in [0.2, 0.25) is 0 Å². The second-order valence-electron chi connectivity index (χ2n) is 13.5. The van der Waals surface area contributed by atoms with Crippen molar-refractivity contribution in [2.24, 2.45) is 17.2 Å². The average Bonchev–Trinajstić information content (AvgIpc) is 4.06. The summed E-state index contributed by atoms with van der Waals surface area (Å²) >= 11 is 9.69. The van der Waals surface area contributed by atoms with Crippen LogP contribution in [0.4, 0.5) is 28.4 Å². The Hall–Kier alpha value is -4.38. The van der Waals surface area contributed by atoms with Gasteiger partial charge in [-0.2, -0.15) is 0 Å². The lowest BCUT2D eigenvalue weighted by Gasteiger charge is -2.08. The number of benzene rings is 3. The van der Waals surface area contributed by atoms with Crippen molar-refractivity contribution < 1.29 is 0 Å². The summed E-state index contributed by atoms with van der Waals surface area (Å²) in [6.07, 6.45) is 13.4. The Morgan fingerprint density at radius 1 is 0.593 bits per heavy atom. The summed E-state index contributed by atoms with van der Waals surface area (Å²) in [5.74, 6) is 0.383. The van der Waals surface area contributed by atoms with E-state index in [0.29, 0.717) is 0 Å². The molecule has 59 heavy (non-hydrogen) atoms. The maximum Gasteiger partial charge on any atom is 0.133 e. The van der Waals surface area contributed by atoms with E-state index in [4.69, 9.17) is 33.4 Å². The molecule has 0 amide bonds. The van der Waals surface area contributed by atoms with Gasteiger partial charge in [-0.3, -0.25) is 16.2 Å².